The van der Waals surface area contributed by atoms with Crippen LogP contribution in [0.25, 0.3) is 0 Å². The van der Waals surface area contributed by atoms with Crippen LogP contribution in [0.4, 0.5) is 5.69 Å². The first-order chi connectivity index (χ1) is 12.8. The average molecular weight is 363 g/mol. The first kappa shape index (κ1) is 18.7. The van der Waals surface area contributed by atoms with Crippen molar-refractivity contribution >= 4 is 11.6 Å². The lowest BCUT2D eigenvalue weighted by Crippen LogP contribution is -2.25. The first-order valence-electron chi connectivity index (χ1n) is 8.96. The van der Waals surface area contributed by atoms with E-state index in [0.29, 0.717) is 17.0 Å². The third kappa shape index (κ3) is 4.19. The molecule has 1 amide bonds. The first-order valence-corrected chi connectivity index (χ1v) is 8.96. The van der Waals surface area contributed by atoms with E-state index in [-0.39, 0.29) is 11.4 Å². The van der Waals surface area contributed by atoms with E-state index >= 15 is 0 Å². The zero-order chi connectivity index (χ0) is 19.6. The van der Waals surface area contributed by atoms with Gasteiger partial charge in [-0.1, -0.05) is 29.8 Å². The molecule has 1 N–H and O–H groups in total. The quantitative estimate of drug-likeness (QED) is 0.684. The minimum Gasteiger partial charge on any atom is -0.455 e. The molecular weight excluding hydrogens is 338 g/mol. The van der Waals surface area contributed by atoms with E-state index in [1.54, 1.807) is 6.20 Å². The smallest absolute Gasteiger partial charge is 0.259 e. The second kappa shape index (κ2) is 7.27. The fourth-order valence-electron chi connectivity index (χ4n) is 2.89. The number of carbonyl (C=O) groups is 1. The molecule has 5 heteroatoms. The van der Waals surface area contributed by atoms with Gasteiger partial charge in [-0.05, 0) is 58.9 Å². The molecular formula is C22H25N3O2. The number of para-hydroxylation sites is 2. The van der Waals surface area contributed by atoms with Crippen LogP contribution in [-0.4, -0.2) is 15.7 Å². The Morgan fingerprint density at radius 1 is 1.04 bits per heavy atom. The number of ether oxygens (including phenoxy) is 1. The van der Waals surface area contributed by atoms with Gasteiger partial charge in [-0.25, -0.2) is 0 Å². The number of aromatic nitrogens is 2. The highest BCUT2D eigenvalue weighted by Gasteiger charge is 2.22. The van der Waals surface area contributed by atoms with Crippen molar-refractivity contribution in [1.82, 2.24) is 9.78 Å². The zero-order valence-electron chi connectivity index (χ0n) is 16.4. The SMILES string of the molecule is Cc1ccc(Oc2ccccc2NC(=O)c2cnn(C(C)(C)C)c2C)cc1. The Morgan fingerprint density at radius 3 is 2.33 bits per heavy atom. The monoisotopic (exact) mass is 363 g/mol. The number of nitrogens with one attached hydrogen (secondary N) is 1. The summed E-state index contributed by atoms with van der Waals surface area (Å²) in [6, 6.07) is 15.2. The molecule has 0 fully saturated rings. The lowest BCUT2D eigenvalue weighted by molar-refractivity contribution is 0.102. The third-order valence-corrected chi connectivity index (χ3v) is 4.27. The topological polar surface area (TPSA) is 56.1 Å². The summed E-state index contributed by atoms with van der Waals surface area (Å²) in [5.41, 5.74) is 2.97. The highest BCUT2D eigenvalue weighted by Crippen LogP contribution is 2.30. The van der Waals surface area contributed by atoms with E-state index in [1.165, 1.54) is 0 Å². The highest BCUT2D eigenvalue weighted by atomic mass is 16.5. The number of anilines is 1. The van der Waals surface area contributed by atoms with Crippen LogP contribution in [0.5, 0.6) is 11.5 Å². The van der Waals surface area contributed by atoms with Gasteiger partial charge >= 0.3 is 0 Å². The van der Waals surface area contributed by atoms with E-state index < -0.39 is 0 Å². The molecule has 0 saturated heterocycles. The molecule has 1 heterocycles. The van der Waals surface area contributed by atoms with Gasteiger partial charge in [0.1, 0.15) is 5.75 Å². The van der Waals surface area contributed by atoms with Crippen molar-refractivity contribution in [3.8, 4) is 11.5 Å². The van der Waals surface area contributed by atoms with Crippen molar-refractivity contribution < 1.29 is 9.53 Å². The van der Waals surface area contributed by atoms with Gasteiger partial charge in [0.05, 0.1) is 23.0 Å². The number of rotatable bonds is 4. The van der Waals surface area contributed by atoms with Gasteiger partial charge in [0, 0.05) is 5.69 Å². The summed E-state index contributed by atoms with van der Waals surface area (Å²) in [5.74, 6) is 1.11. The van der Waals surface area contributed by atoms with E-state index in [2.05, 4.69) is 31.2 Å². The maximum atomic E-state index is 12.8. The predicted octanol–water partition coefficient (Wildman–Crippen LogP) is 5.30. The number of nitrogens with zero attached hydrogens (tertiary/aromatic N) is 2. The number of hydrogen-bond acceptors (Lipinski definition) is 3. The Balaban J connectivity index is 1.83. The van der Waals surface area contributed by atoms with Gasteiger partial charge in [0.15, 0.2) is 5.75 Å². The minimum atomic E-state index is -0.206. The summed E-state index contributed by atoms with van der Waals surface area (Å²) in [4.78, 5) is 12.8. The Bertz CT molecular complexity index is 950. The number of amides is 1. The molecule has 27 heavy (non-hydrogen) atoms. The van der Waals surface area contributed by atoms with Crippen molar-refractivity contribution in [2.75, 3.05) is 5.32 Å². The van der Waals surface area contributed by atoms with Crippen LogP contribution in [0.2, 0.25) is 0 Å². The fourth-order valence-corrected chi connectivity index (χ4v) is 2.89. The Morgan fingerprint density at radius 2 is 1.70 bits per heavy atom. The van der Waals surface area contributed by atoms with Crippen molar-refractivity contribution in [3.05, 3.63) is 71.5 Å². The summed E-state index contributed by atoms with van der Waals surface area (Å²) in [7, 11) is 0. The molecule has 140 valence electrons. The van der Waals surface area contributed by atoms with Crippen LogP contribution in [0.1, 0.15) is 42.4 Å². The second-order valence-electron chi connectivity index (χ2n) is 7.59. The molecule has 0 spiro atoms. The lowest BCUT2D eigenvalue weighted by atomic mass is 10.1. The summed E-state index contributed by atoms with van der Waals surface area (Å²) in [6.45, 7) is 10.1. The van der Waals surface area contributed by atoms with E-state index in [4.69, 9.17) is 4.74 Å². The molecule has 3 aromatic rings. The van der Waals surface area contributed by atoms with Crippen LogP contribution in [-0.2, 0) is 5.54 Å². The second-order valence-corrected chi connectivity index (χ2v) is 7.59. The van der Waals surface area contributed by atoms with Crippen molar-refractivity contribution in [1.29, 1.82) is 0 Å². The average Bonchev–Trinajstić information content (AvgIpc) is 3.00. The molecule has 0 unspecified atom stereocenters. The van der Waals surface area contributed by atoms with Crippen LogP contribution in [0.15, 0.2) is 54.7 Å². The van der Waals surface area contributed by atoms with Crippen LogP contribution >= 0.6 is 0 Å². The largest absolute Gasteiger partial charge is 0.455 e. The Labute approximate surface area is 160 Å². The fraction of sp³-hybridized carbons (Fsp3) is 0.273. The van der Waals surface area contributed by atoms with Gasteiger partial charge in [-0.2, -0.15) is 5.10 Å². The normalized spacial score (nSPS) is 11.3. The zero-order valence-corrected chi connectivity index (χ0v) is 16.4. The number of hydrogen-bond donors (Lipinski definition) is 1. The Hall–Kier alpha value is -3.08. The molecule has 5 nitrogen and oxygen atoms in total. The van der Waals surface area contributed by atoms with Gasteiger partial charge < -0.3 is 10.1 Å². The summed E-state index contributed by atoms with van der Waals surface area (Å²) >= 11 is 0. The van der Waals surface area contributed by atoms with Crippen LogP contribution < -0.4 is 10.1 Å². The third-order valence-electron chi connectivity index (χ3n) is 4.27. The maximum Gasteiger partial charge on any atom is 0.259 e. The maximum absolute atomic E-state index is 12.8. The molecule has 1 aromatic heterocycles. The summed E-state index contributed by atoms with van der Waals surface area (Å²) in [5, 5.41) is 7.32. The summed E-state index contributed by atoms with van der Waals surface area (Å²) < 4.78 is 7.81. The van der Waals surface area contributed by atoms with Gasteiger partial charge in [-0.15, -0.1) is 0 Å². The molecule has 0 atom stereocenters. The van der Waals surface area contributed by atoms with Crippen molar-refractivity contribution in [3.63, 3.8) is 0 Å². The van der Waals surface area contributed by atoms with Crippen molar-refractivity contribution in [2.45, 2.75) is 40.2 Å². The van der Waals surface area contributed by atoms with Gasteiger partial charge in [0.2, 0.25) is 0 Å². The molecule has 0 aliphatic heterocycles. The molecule has 0 aliphatic rings. The van der Waals surface area contributed by atoms with Crippen LogP contribution in [0.3, 0.4) is 0 Å². The van der Waals surface area contributed by atoms with E-state index in [0.717, 1.165) is 17.0 Å². The standard InChI is InChI=1S/C22H25N3O2/c1-15-10-12-17(13-11-15)27-20-9-7-6-8-19(20)24-21(26)18-14-23-25(16(18)2)22(3,4)5/h6-14H,1-5H3,(H,24,26). The molecule has 0 aliphatic carbocycles. The lowest BCUT2D eigenvalue weighted by Gasteiger charge is -2.21. The molecule has 2 aromatic carbocycles. The van der Waals surface area contributed by atoms with E-state index in [1.807, 2.05) is 67.1 Å². The molecule has 0 bridgehead atoms. The van der Waals surface area contributed by atoms with Crippen molar-refractivity contribution in [2.24, 2.45) is 0 Å². The minimum absolute atomic E-state index is 0.185. The Kier molecular flexibility index (Phi) is 5.04. The van der Waals surface area contributed by atoms with E-state index in [9.17, 15) is 4.79 Å². The predicted molar refractivity (Wildman–Crippen MR) is 108 cm³/mol. The van der Waals surface area contributed by atoms with Gasteiger partial charge in [0.25, 0.3) is 5.91 Å². The summed E-state index contributed by atoms with van der Waals surface area (Å²) in [6.07, 6.45) is 1.61. The number of carbonyl (C=O) groups excluding carboxylic acids is 1. The molecule has 3 rings (SSSR count). The number of benzene rings is 2. The van der Waals surface area contributed by atoms with Gasteiger partial charge in [-0.3, -0.25) is 9.48 Å². The molecule has 0 saturated carbocycles. The number of aryl methyl sites for hydroxylation is 1. The molecule has 0 radical (unpaired) electrons. The van der Waals surface area contributed by atoms with Crippen LogP contribution in [0, 0.1) is 13.8 Å². The highest BCUT2D eigenvalue weighted by molar-refractivity contribution is 6.05.